The summed E-state index contributed by atoms with van der Waals surface area (Å²) in [5.74, 6) is 7.81. The first-order valence-electron chi connectivity index (χ1n) is 11.0. The molecule has 4 heterocycles. The molecule has 8 nitrogen and oxygen atoms in total. The maximum atomic E-state index is 6.28. The number of piperidine rings is 1. The van der Waals surface area contributed by atoms with Gasteiger partial charge >= 0.3 is 0 Å². The maximum absolute atomic E-state index is 6.28. The predicted molar refractivity (Wildman–Crippen MR) is 128 cm³/mol. The summed E-state index contributed by atoms with van der Waals surface area (Å²) in [6, 6.07) is 13.5. The quantitative estimate of drug-likeness (QED) is 0.471. The topological polar surface area (TPSA) is 95.0 Å². The van der Waals surface area contributed by atoms with Crippen LogP contribution in [0.25, 0.3) is 22.3 Å². The zero-order valence-corrected chi connectivity index (χ0v) is 18.5. The van der Waals surface area contributed by atoms with E-state index < -0.39 is 0 Å². The minimum atomic E-state index is 0.191. The lowest BCUT2D eigenvalue weighted by Crippen LogP contribution is -2.37. The molecule has 3 aromatic heterocycles. The van der Waals surface area contributed by atoms with Crippen molar-refractivity contribution in [3.05, 3.63) is 55.0 Å². The van der Waals surface area contributed by atoms with Crippen LogP contribution in [0, 0.1) is 11.8 Å². The Morgan fingerprint density at radius 1 is 1.12 bits per heavy atom. The highest BCUT2D eigenvalue weighted by molar-refractivity contribution is 5.98. The number of nitrogens with zero attached hydrogens (tertiary/aromatic N) is 6. The van der Waals surface area contributed by atoms with Gasteiger partial charge in [0.05, 0.1) is 18.0 Å². The van der Waals surface area contributed by atoms with Gasteiger partial charge in [-0.2, -0.15) is 5.10 Å². The number of benzene rings is 1. The van der Waals surface area contributed by atoms with Crippen LogP contribution in [-0.2, 0) is 0 Å². The number of anilines is 1. The average molecular weight is 440 g/mol. The van der Waals surface area contributed by atoms with Crippen molar-refractivity contribution in [3.63, 3.8) is 0 Å². The number of hydrogen-bond acceptors (Lipinski definition) is 7. The normalized spacial score (nSPS) is 16.3. The van der Waals surface area contributed by atoms with E-state index in [9.17, 15) is 0 Å². The summed E-state index contributed by atoms with van der Waals surface area (Å²) in [7, 11) is 0. The molecule has 166 valence electrons. The molecule has 0 aliphatic carbocycles. The van der Waals surface area contributed by atoms with E-state index in [0.717, 1.165) is 60.5 Å². The van der Waals surface area contributed by atoms with Gasteiger partial charge in [-0.1, -0.05) is 24.1 Å². The third-order valence-electron chi connectivity index (χ3n) is 5.80. The molecular formula is C25H25N7O. The van der Waals surface area contributed by atoms with Crippen molar-refractivity contribution in [1.29, 1.82) is 0 Å². The highest BCUT2D eigenvalue weighted by atomic mass is 16.5. The molecular weight excluding hydrogens is 414 g/mol. The molecule has 1 fully saturated rings. The molecule has 1 saturated heterocycles. The minimum Gasteiger partial charge on any atom is -0.439 e. The molecule has 5 rings (SSSR count). The monoisotopic (exact) mass is 439 g/mol. The summed E-state index contributed by atoms with van der Waals surface area (Å²) in [5, 5.41) is 5.71. The number of nitrogen functional groups attached to an aromatic ring is 1. The SMILES string of the molecule is CC#CCN1CCC[C@@H](n2nc(-c3ccc(Oc4ccccc4)nc3)c3c(N)ncnc32)C1. The van der Waals surface area contributed by atoms with E-state index in [0.29, 0.717) is 11.7 Å². The zero-order chi connectivity index (χ0) is 22.6. The van der Waals surface area contributed by atoms with Gasteiger partial charge in [-0.15, -0.1) is 5.92 Å². The van der Waals surface area contributed by atoms with Crippen molar-refractivity contribution < 1.29 is 4.74 Å². The van der Waals surface area contributed by atoms with Crippen molar-refractivity contribution in [3.8, 4) is 34.7 Å². The summed E-state index contributed by atoms with van der Waals surface area (Å²) in [5.41, 5.74) is 8.60. The Labute approximate surface area is 192 Å². The maximum Gasteiger partial charge on any atom is 0.219 e. The van der Waals surface area contributed by atoms with Crippen molar-refractivity contribution >= 4 is 16.9 Å². The van der Waals surface area contributed by atoms with Gasteiger partial charge in [0.2, 0.25) is 5.88 Å². The van der Waals surface area contributed by atoms with Gasteiger partial charge in [0.25, 0.3) is 0 Å². The van der Waals surface area contributed by atoms with Crippen LogP contribution in [0.15, 0.2) is 55.0 Å². The fourth-order valence-electron chi connectivity index (χ4n) is 4.21. The fourth-order valence-corrected chi connectivity index (χ4v) is 4.21. The fraction of sp³-hybridized carbons (Fsp3) is 0.280. The Bertz CT molecular complexity index is 1310. The standard InChI is InChI=1S/C25H25N7O/c1-2-3-13-31-14-7-8-19(16-31)32-25-22(24(26)28-17-29-25)23(30-32)18-11-12-21(27-15-18)33-20-9-5-4-6-10-20/h4-6,9-12,15,17,19H,7-8,13-14,16H2,1H3,(H2,26,28,29)/t19-/m1/s1. The van der Waals surface area contributed by atoms with Crippen molar-refractivity contribution in [2.24, 2.45) is 0 Å². The van der Waals surface area contributed by atoms with Crippen LogP contribution in [0.5, 0.6) is 11.6 Å². The lowest BCUT2D eigenvalue weighted by molar-refractivity contribution is 0.190. The number of para-hydroxylation sites is 1. The third kappa shape index (κ3) is 4.36. The van der Waals surface area contributed by atoms with Crippen LogP contribution < -0.4 is 10.5 Å². The number of likely N-dealkylation sites (tertiary alicyclic amines) is 1. The summed E-state index contributed by atoms with van der Waals surface area (Å²) < 4.78 is 7.82. The predicted octanol–water partition coefficient (Wildman–Crippen LogP) is 3.92. The van der Waals surface area contributed by atoms with E-state index in [-0.39, 0.29) is 6.04 Å². The van der Waals surface area contributed by atoms with Crippen molar-refractivity contribution in [2.45, 2.75) is 25.8 Å². The largest absolute Gasteiger partial charge is 0.439 e. The van der Waals surface area contributed by atoms with Crippen LogP contribution in [0.1, 0.15) is 25.8 Å². The van der Waals surface area contributed by atoms with Crippen LogP contribution in [0.3, 0.4) is 0 Å². The minimum absolute atomic E-state index is 0.191. The van der Waals surface area contributed by atoms with Gasteiger partial charge in [0.15, 0.2) is 5.65 Å². The Morgan fingerprint density at radius 3 is 2.79 bits per heavy atom. The number of rotatable bonds is 5. The summed E-state index contributed by atoms with van der Waals surface area (Å²) in [4.78, 5) is 15.6. The van der Waals surface area contributed by atoms with Gasteiger partial charge < -0.3 is 10.5 Å². The molecule has 1 aliphatic heterocycles. The highest BCUT2D eigenvalue weighted by Gasteiger charge is 2.26. The van der Waals surface area contributed by atoms with Crippen molar-refractivity contribution in [2.75, 3.05) is 25.4 Å². The lowest BCUT2D eigenvalue weighted by atomic mass is 10.1. The molecule has 1 aromatic carbocycles. The molecule has 0 radical (unpaired) electrons. The van der Waals surface area contributed by atoms with Gasteiger partial charge in [-0.25, -0.2) is 19.6 Å². The number of pyridine rings is 1. The first-order chi connectivity index (χ1) is 16.2. The molecule has 2 N–H and O–H groups in total. The molecule has 1 atom stereocenters. The van der Waals surface area contributed by atoms with E-state index in [4.69, 9.17) is 15.6 Å². The van der Waals surface area contributed by atoms with E-state index in [1.807, 2.05) is 54.1 Å². The Balaban J connectivity index is 1.48. The molecule has 0 saturated carbocycles. The second-order valence-electron chi connectivity index (χ2n) is 8.01. The molecule has 4 aromatic rings. The van der Waals surface area contributed by atoms with Crippen LogP contribution in [0.2, 0.25) is 0 Å². The van der Waals surface area contributed by atoms with E-state index in [1.165, 1.54) is 6.33 Å². The second kappa shape index (κ2) is 9.27. The number of ether oxygens (including phenoxy) is 1. The number of fused-ring (bicyclic) bond motifs is 1. The first-order valence-corrected chi connectivity index (χ1v) is 11.0. The number of hydrogen-bond donors (Lipinski definition) is 1. The van der Waals surface area contributed by atoms with Crippen molar-refractivity contribution in [1.82, 2.24) is 29.6 Å². The molecule has 8 heteroatoms. The van der Waals surface area contributed by atoms with Crippen LogP contribution in [0.4, 0.5) is 5.82 Å². The van der Waals surface area contributed by atoms with Gasteiger partial charge in [0, 0.05) is 24.4 Å². The summed E-state index contributed by atoms with van der Waals surface area (Å²) >= 11 is 0. The second-order valence-corrected chi connectivity index (χ2v) is 8.01. The summed E-state index contributed by atoms with van der Waals surface area (Å²) in [6.07, 6.45) is 5.36. The number of nitrogens with two attached hydrogens (primary N) is 1. The van der Waals surface area contributed by atoms with Gasteiger partial charge in [0.1, 0.15) is 23.6 Å². The Kier molecular flexibility index (Phi) is 5.87. The zero-order valence-electron chi connectivity index (χ0n) is 18.5. The lowest BCUT2D eigenvalue weighted by Gasteiger charge is -2.31. The van der Waals surface area contributed by atoms with Gasteiger partial charge in [-0.3, -0.25) is 4.90 Å². The molecule has 0 amide bonds. The Morgan fingerprint density at radius 2 is 2.00 bits per heavy atom. The molecule has 0 unspecified atom stereocenters. The smallest absolute Gasteiger partial charge is 0.219 e. The van der Waals surface area contributed by atoms with Crippen LogP contribution >= 0.6 is 0 Å². The first kappa shape index (κ1) is 20.9. The van der Waals surface area contributed by atoms with Gasteiger partial charge in [-0.05, 0) is 44.5 Å². The van der Waals surface area contributed by atoms with Crippen LogP contribution in [-0.4, -0.2) is 49.3 Å². The summed E-state index contributed by atoms with van der Waals surface area (Å²) in [6.45, 7) is 4.56. The number of aromatic nitrogens is 5. The molecule has 0 spiro atoms. The average Bonchev–Trinajstić information content (AvgIpc) is 3.25. The van der Waals surface area contributed by atoms with E-state index in [2.05, 4.69) is 31.7 Å². The molecule has 33 heavy (non-hydrogen) atoms. The van der Waals surface area contributed by atoms with E-state index in [1.54, 1.807) is 6.20 Å². The molecule has 1 aliphatic rings. The molecule has 0 bridgehead atoms. The van der Waals surface area contributed by atoms with E-state index >= 15 is 0 Å². The Hall–Kier alpha value is -3.96. The highest BCUT2D eigenvalue weighted by Crippen LogP contribution is 2.34. The third-order valence-corrected chi connectivity index (χ3v) is 5.80.